The summed E-state index contributed by atoms with van der Waals surface area (Å²) in [6, 6.07) is 20.7. The Bertz CT molecular complexity index is 1120. The quantitative estimate of drug-likeness (QED) is 0.312. The van der Waals surface area contributed by atoms with Gasteiger partial charge >= 0.3 is 6.18 Å². The second-order valence-electron chi connectivity index (χ2n) is 7.66. The maximum atomic E-state index is 13.2. The number of carbonyl (C=O) groups is 2. The molecule has 4 nitrogen and oxygen atoms in total. The fourth-order valence-electron chi connectivity index (χ4n) is 3.23. The molecule has 0 saturated carbocycles. The third-order valence-corrected chi connectivity index (χ3v) is 6.18. The largest absolute Gasteiger partial charge is 0.416 e. The van der Waals surface area contributed by atoms with E-state index < -0.39 is 22.9 Å². The van der Waals surface area contributed by atoms with Crippen LogP contribution in [0.4, 0.5) is 24.5 Å². The molecule has 0 aliphatic rings. The first-order valence-corrected chi connectivity index (χ1v) is 11.7. The van der Waals surface area contributed by atoms with E-state index in [4.69, 9.17) is 0 Å². The number of carbonyl (C=O) groups excluding carboxylic acids is 2. The minimum atomic E-state index is -4.50. The normalized spacial score (nSPS) is 12.1. The summed E-state index contributed by atoms with van der Waals surface area (Å²) < 4.78 is 39.2. The first-order chi connectivity index (χ1) is 16.3. The Morgan fingerprint density at radius 1 is 0.882 bits per heavy atom. The van der Waals surface area contributed by atoms with Crippen LogP contribution in [0.2, 0.25) is 0 Å². The summed E-state index contributed by atoms with van der Waals surface area (Å²) in [5.74, 6) is -0.529. The van der Waals surface area contributed by atoms with E-state index in [0.29, 0.717) is 17.7 Å². The average Bonchev–Trinajstić information content (AvgIpc) is 2.81. The molecule has 34 heavy (non-hydrogen) atoms. The number of hydrogen-bond acceptors (Lipinski definition) is 3. The maximum absolute atomic E-state index is 13.2. The van der Waals surface area contributed by atoms with Crippen molar-refractivity contribution in [2.45, 2.75) is 42.5 Å². The topological polar surface area (TPSA) is 58.2 Å². The Balaban J connectivity index is 1.81. The zero-order chi connectivity index (χ0) is 24.6. The van der Waals surface area contributed by atoms with Crippen LogP contribution in [-0.2, 0) is 15.8 Å². The standard InChI is InChI=1S/C26H25F3N2O2S/c1-2-3-15-23(32)30-21-13-8-14-22(17-21)34-24(18-9-5-4-6-10-18)25(33)31-20-12-7-11-19(16-20)26(27,28)29/h4-14,16-17,24H,2-3,15H2,1H3,(H,30,32)(H,31,33). The number of nitrogens with one attached hydrogen (secondary N) is 2. The van der Waals surface area contributed by atoms with E-state index >= 15 is 0 Å². The van der Waals surface area contributed by atoms with E-state index in [1.165, 1.54) is 23.9 Å². The number of alkyl halides is 3. The summed E-state index contributed by atoms with van der Waals surface area (Å²) in [6.07, 6.45) is -2.36. The number of unbranched alkanes of at least 4 members (excludes halogenated alkanes) is 1. The van der Waals surface area contributed by atoms with Crippen LogP contribution in [0.1, 0.15) is 42.6 Å². The lowest BCUT2D eigenvalue weighted by Gasteiger charge is -2.18. The van der Waals surface area contributed by atoms with Crippen LogP contribution in [0.15, 0.2) is 83.8 Å². The predicted octanol–water partition coefficient (Wildman–Crippen LogP) is 7.31. The van der Waals surface area contributed by atoms with Crippen molar-refractivity contribution in [3.63, 3.8) is 0 Å². The van der Waals surface area contributed by atoms with Crippen LogP contribution in [0.25, 0.3) is 0 Å². The summed E-state index contributed by atoms with van der Waals surface area (Å²) in [5.41, 5.74) is 0.560. The van der Waals surface area contributed by atoms with Crippen molar-refractivity contribution < 1.29 is 22.8 Å². The molecule has 0 aliphatic heterocycles. The van der Waals surface area contributed by atoms with Crippen LogP contribution in [0.3, 0.4) is 0 Å². The van der Waals surface area contributed by atoms with Crippen molar-refractivity contribution in [1.82, 2.24) is 0 Å². The van der Waals surface area contributed by atoms with Gasteiger partial charge in [0.1, 0.15) is 5.25 Å². The molecule has 0 aliphatic carbocycles. The molecule has 0 fully saturated rings. The van der Waals surface area contributed by atoms with E-state index in [-0.39, 0.29) is 11.6 Å². The zero-order valence-corrected chi connectivity index (χ0v) is 19.4. The maximum Gasteiger partial charge on any atom is 0.416 e. The summed E-state index contributed by atoms with van der Waals surface area (Å²) in [7, 11) is 0. The number of hydrogen-bond donors (Lipinski definition) is 2. The molecule has 8 heteroatoms. The minimum absolute atomic E-state index is 0.0679. The van der Waals surface area contributed by atoms with Crippen molar-refractivity contribution in [2.24, 2.45) is 0 Å². The van der Waals surface area contributed by atoms with E-state index in [1.54, 1.807) is 42.5 Å². The first-order valence-electron chi connectivity index (χ1n) is 10.9. The summed E-state index contributed by atoms with van der Waals surface area (Å²) in [5, 5.41) is 4.75. The molecule has 0 spiro atoms. The van der Waals surface area contributed by atoms with Gasteiger partial charge in [-0.05, 0) is 48.4 Å². The van der Waals surface area contributed by atoms with Gasteiger partial charge in [0, 0.05) is 22.7 Å². The van der Waals surface area contributed by atoms with E-state index in [2.05, 4.69) is 10.6 Å². The molecule has 1 unspecified atom stereocenters. The van der Waals surface area contributed by atoms with E-state index in [1.807, 2.05) is 19.1 Å². The van der Waals surface area contributed by atoms with Gasteiger partial charge in [0.2, 0.25) is 11.8 Å². The van der Waals surface area contributed by atoms with Crippen LogP contribution in [0.5, 0.6) is 0 Å². The Kier molecular flexibility index (Phi) is 8.76. The smallest absolute Gasteiger partial charge is 0.326 e. The first kappa shape index (κ1) is 25.4. The number of thioether (sulfide) groups is 1. The van der Waals surface area contributed by atoms with E-state index in [0.717, 1.165) is 29.9 Å². The lowest BCUT2D eigenvalue weighted by molar-refractivity contribution is -0.137. The van der Waals surface area contributed by atoms with Gasteiger partial charge in [-0.15, -0.1) is 11.8 Å². The van der Waals surface area contributed by atoms with Crippen LogP contribution in [-0.4, -0.2) is 11.8 Å². The highest BCUT2D eigenvalue weighted by Crippen LogP contribution is 2.38. The number of halogens is 3. The molecule has 3 aromatic rings. The lowest BCUT2D eigenvalue weighted by atomic mass is 10.1. The zero-order valence-electron chi connectivity index (χ0n) is 18.6. The molecule has 3 aromatic carbocycles. The van der Waals surface area contributed by atoms with Crippen molar-refractivity contribution in [1.29, 1.82) is 0 Å². The molecule has 178 valence electrons. The Hall–Kier alpha value is -3.26. The van der Waals surface area contributed by atoms with Gasteiger partial charge in [-0.1, -0.05) is 55.8 Å². The SMILES string of the molecule is CCCCC(=O)Nc1cccc(SC(C(=O)Nc2cccc(C(F)(F)F)c2)c2ccccc2)c1. The molecule has 2 N–H and O–H groups in total. The molecule has 0 aromatic heterocycles. The van der Waals surface area contributed by atoms with Gasteiger partial charge in [0.25, 0.3) is 0 Å². The fraction of sp³-hybridized carbons (Fsp3) is 0.231. The molecular formula is C26H25F3N2O2S. The van der Waals surface area contributed by atoms with Crippen molar-refractivity contribution in [3.05, 3.63) is 90.0 Å². The predicted molar refractivity (Wildman–Crippen MR) is 130 cm³/mol. The number of benzene rings is 3. The number of anilines is 2. The highest BCUT2D eigenvalue weighted by molar-refractivity contribution is 8.00. The summed E-state index contributed by atoms with van der Waals surface area (Å²) in [6.45, 7) is 2.01. The van der Waals surface area contributed by atoms with Gasteiger partial charge in [0.15, 0.2) is 0 Å². The third-order valence-electron chi connectivity index (χ3n) is 4.93. The fourth-order valence-corrected chi connectivity index (χ4v) is 4.31. The van der Waals surface area contributed by atoms with Crippen molar-refractivity contribution in [2.75, 3.05) is 10.6 Å². The summed E-state index contributed by atoms with van der Waals surface area (Å²) >= 11 is 1.25. The van der Waals surface area contributed by atoms with Gasteiger partial charge in [-0.2, -0.15) is 13.2 Å². The molecular weight excluding hydrogens is 461 g/mol. The van der Waals surface area contributed by atoms with E-state index in [9.17, 15) is 22.8 Å². The van der Waals surface area contributed by atoms with Crippen molar-refractivity contribution in [3.8, 4) is 0 Å². The van der Waals surface area contributed by atoms with Crippen LogP contribution >= 0.6 is 11.8 Å². The average molecular weight is 487 g/mol. The molecule has 0 bridgehead atoms. The monoisotopic (exact) mass is 486 g/mol. The highest BCUT2D eigenvalue weighted by atomic mass is 32.2. The van der Waals surface area contributed by atoms with Gasteiger partial charge in [-0.3, -0.25) is 9.59 Å². The number of rotatable bonds is 9. The van der Waals surface area contributed by atoms with Crippen molar-refractivity contribution >= 4 is 35.0 Å². The Morgan fingerprint density at radius 2 is 1.56 bits per heavy atom. The highest BCUT2D eigenvalue weighted by Gasteiger charge is 2.31. The van der Waals surface area contributed by atoms with Crippen LogP contribution < -0.4 is 10.6 Å². The molecule has 0 radical (unpaired) electrons. The lowest BCUT2D eigenvalue weighted by Crippen LogP contribution is -2.19. The Morgan fingerprint density at radius 3 is 2.24 bits per heavy atom. The summed E-state index contributed by atoms with van der Waals surface area (Å²) in [4.78, 5) is 26.0. The van der Waals surface area contributed by atoms with Gasteiger partial charge < -0.3 is 10.6 Å². The van der Waals surface area contributed by atoms with Gasteiger partial charge in [0.05, 0.1) is 5.56 Å². The number of amides is 2. The second kappa shape index (κ2) is 11.7. The molecule has 2 amide bonds. The third kappa shape index (κ3) is 7.38. The van der Waals surface area contributed by atoms with Crippen LogP contribution in [0, 0.1) is 0 Å². The Labute approximate surface area is 201 Å². The molecule has 0 saturated heterocycles. The molecule has 3 rings (SSSR count). The second-order valence-corrected chi connectivity index (χ2v) is 8.83. The molecule has 0 heterocycles. The minimum Gasteiger partial charge on any atom is -0.326 e. The molecule has 1 atom stereocenters. The van der Waals surface area contributed by atoms with Gasteiger partial charge in [-0.25, -0.2) is 0 Å².